The molecule has 156 valence electrons. The molecule has 2 aliphatic heterocycles. The summed E-state index contributed by atoms with van der Waals surface area (Å²) >= 11 is 0. The monoisotopic (exact) mass is 402 g/mol. The molecule has 4 heteroatoms. The normalized spacial score (nSPS) is 22.3. The molecule has 1 spiro atoms. The second-order valence-electron chi connectivity index (χ2n) is 9.22. The van der Waals surface area contributed by atoms with Crippen LogP contribution in [0.5, 0.6) is 0 Å². The van der Waals surface area contributed by atoms with Crippen LogP contribution in [-0.2, 0) is 10.2 Å². The van der Waals surface area contributed by atoms with Gasteiger partial charge in [-0.1, -0.05) is 42.5 Å². The van der Waals surface area contributed by atoms with Crippen LogP contribution in [0.25, 0.3) is 0 Å². The summed E-state index contributed by atoms with van der Waals surface area (Å²) in [4.78, 5) is 29.8. The quantitative estimate of drug-likeness (QED) is 0.765. The molecule has 0 N–H and O–H groups in total. The van der Waals surface area contributed by atoms with Gasteiger partial charge in [0.1, 0.15) is 0 Å². The van der Waals surface area contributed by atoms with Crippen molar-refractivity contribution in [2.45, 2.75) is 49.9 Å². The summed E-state index contributed by atoms with van der Waals surface area (Å²) in [6.45, 7) is 3.42. The Labute approximate surface area is 178 Å². The minimum absolute atomic E-state index is 0.111. The topological polar surface area (TPSA) is 40.6 Å². The van der Waals surface area contributed by atoms with Crippen LogP contribution in [0, 0.1) is 0 Å². The molecule has 0 radical (unpaired) electrons. The molecule has 2 saturated heterocycles. The first-order chi connectivity index (χ1) is 14.7. The predicted molar refractivity (Wildman–Crippen MR) is 117 cm³/mol. The van der Waals surface area contributed by atoms with Gasteiger partial charge < -0.3 is 9.80 Å². The highest BCUT2D eigenvalue weighted by atomic mass is 16.2. The number of nitrogens with zero attached hydrogens (tertiary/aromatic N) is 2. The molecule has 0 unspecified atom stereocenters. The Morgan fingerprint density at radius 2 is 1.50 bits per heavy atom. The molecule has 3 aliphatic rings. The summed E-state index contributed by atoms with van der Waals surface area (Å²) in [5, 5.41) is 0. The SMILES string of the molecule is O=C(C[C@H]1CC2(CCN(C(=O)c3ccccc3)CC2)c2ccccc21)N1CCCC1. The third-order valence-electron chi connectivity index (χ3n) is 7.52. The zero-order valence-electron chi connectivity index (χ0n) is 17.6. The minimum atomic E-state index is 0.111. The van der Waals surface area contributed by atoms with Crippen molar-refractivity contribution < 1.29 is 9.59 Å². The average molecular weight is 403 g/mol. The maximum absolute atomic E-state index is 12.9. The number of carbonyl (C=O) groups excluding carboxylic acids is 2. The number of rotatable bonds is 3. The first kappa shape index (κ1) is 19.3. The molecule has 0 aromatic heterocycles. The van der Waals surface area contributed by atoms with Gasteiger partial charge in [0.15, 0.2) is 0 Å². The Balaban J connectivity index is 1.31. The van der Waals surface area contributed by atoms with E-state index in [-0.39, 0.29) is 11.3 Å². The molecular weight excluding hydrogens is 372 g/mol. The van der Waals surface area contributed by atoms with E-state index >= 15 is 0 Å². The molecule has 4 nitrogen and oxygen atoms in total. The highest BCUT2D eigenvalue weighted by molar-refractivity contribution is 5.94. The van der Waals surface area contributed by atoms with Crippen LogP contribution >= 0.6 is 0 Å². The van der Waals surface area contributed by atoms with Crippen LogP contribution in [-0.4, -0.2) is 47.8 Å². The second-order valence-corrected chi connectivity index (χ2v) is 9.22. The lowest BCUT2D eigenvalue weighted by molar-refractivity contribution is -0.130. The van der Waals surface area contributed by atoms with Gasteiger partial charge in [0, 0.05) is 38.2 Å². The van der Waals surface area contributed by atoms with E-state index in [9.17, 15) is 9.59 Å². The van der Waals surface area contributed by atoms with Gasteiger partial charge in [-0.25, -0.2) is 0 Å². The Morgan fingerprint density at radius 3 is 2.23 bits per heavy atom. The summed E-state index contributed by atoms with van der Waals surface area (Å²) in [6.07, 6.45) is 5.92. The maximum atomic E-state index is 12.9. The van der Waals surface area contributed by atoms with Crippen molar-refractivity contribution in [3.8, 4) is 0 Å². The van der Waals surface area contributed by atoms with Gasteiger partial charge in [-0.05, 0) is 66.7 Å². The fourth-order valence-electron chi connectivity index (χ4n) is 5.89. The molecule has 30 heavy (non-hydrogen) atoms. The highest BCUT2D eigenvalue weighted by Crippen LogP contribution is 2.52. The molecule has 1 aliphatic carbocycles. The second kappa shape index (κ2) is 7.90. The van der Waals surface area contributed by atoms with E-state index in [1.807, 2.05) is 35.2 Å². The lowest BCUT2D eigenvalue weighted by atomic mass is 9.73. The minimum Gasteiger partial charge on any atom is -0.343 e. The number of carbonyl (C=O) groups is 2. The number of fused-ring (bicyclic) bond motifs is 2. The summed E-state index contributed by atoms with van der Waals surface area (Å²) in [5.74, 6) is 0.768. The first-order valence-electron chi connectivity index (χ1n) is 11.4. The van der Waals surface area contributed by atoms with Gasteiger partial charge in [0.2, 0.25) is 5.91 Å². The first-order valence-corrected chi connectivity index (χ1v) is 11.4. The third kappa shape index (κ3) is 3.42. The lowest BCUT2D eigenvalue weighted by Gasteiger charge is -2.40. The molecule has 1 atom stereocenters. The van der Waals surface area contributed by atoms with Crippen LogP contribution in [0.2, 0.25) is 0 Å². The van der Waals surface area contributed by atoms with Gasteiger partial charge >= 0.3 is 0 Å². The largest absolute Gasteiger partial charge is 0.343 e. The van der Waals surface area contributed by atoms with E-state index in [4.69, 9.17) is 0 Å². The van der Waals surface area contributed by atoms with E-state index in [2.05, 4.69) is 29.2 Å². The summed E-state index contributed by atoms with van der Waals surface area (Å²) in [5.41, 5.74) is 3.68. The van der Waals surface area contributed by atoms with E-state index < -0.39 is 0 Å². The van der Waals surface area contributed by atoms with Crippen LogP contribution in [0.1, 0.15) is 65.9 Å². The standard InChI is InChI=1S/C26H30N2O2/c29-24(27-14-6-7-15-27)18-21-19-26(23-11-5-4-10-22(21)23)12-16-28(17-13-26)25(30)20-8-2-1-3-9-20/h1-5,8-11,21H,6-7,12-19H2/t21-/m0/s1. The van der Waals surface area contributed by atoms with Gasteiger partial charge in [-0.15, -0.1) is 0 Å². The summed E-state index contributed by atoms with van der Waals surface area (Å²) in [7, 11) is 0. The van der Waals surface area contributed by atoms with Gasteiger partial charge in [-0.2, -0.15) is 0 Å². The van der Waals surface area contributed by atoms with Crippen molar-refractivity contribution in [3.05, 3.63) is 71.3 Å². The Morgan fingerprint density at radius 1 is 0.833 bits per heavy atom. The molecule has 2 aromatic rings. The van der Waals surface area contributed by atoms with Gasteiger partial charge in [0.25, 0.3) is 5.91 Å². The zero-order chi connectivity index (χ0) is 20.6. The number of hydrogen-bond acceptors (Lipinski definition) is 2. The highest BCUT2D eigenvalue weighted by Gasteiger charge is 2.46. The van der Waals surface area contributed by atoms with Gasteiger partial charge in [0.05, 0.1) is 0 Å². The molecule has 0 saturated carbocycles. The number of piperidine rings is 1. The summed E-state index contributed by atoms with van der Waals surface area (Å²) < 4.78 is 0. The van der Waals surface area contributed by atoms with Crippen LogP contribution < -0.4 is 0 Å². The van der Waals surface area contributed by atoms with Crippen LogP contribution in [0.4, 0.5) is 0 Å². The Bertz CT molecular complexity index is 925. The average Bonchev–Trinajstić information content (AvgIpc) is 3.43. The lowest BCUT2D eigenvalue weighted by Crippen LogP contribution is -2.44. The molecule has 2 heterocycles. The molecule has 5 rings (SSSR count). The fourth-order valence-corrected chi connectivity index (χ4v) is 5.89. The van der Waals surface area contributed by atoms with E-state index in [0.717, 1.165) is 63.8 Å². The van der Waals surface area contributed by atoms with Crippen molar-refractivity contribution in [2.75, 3.05) is 26.2 Å². The van der Waals surface area contributed by atoms with Crippen molar-refractivity contribution in [1.82, 2.24) is 9.80 Å². The number of benzene rings is 2. The van der Waals surface area contributed by atoms with Gasteiger partial charge in [-0.3, -0.25) is 9.59 Å². The van der Waals surface area contributed by atoms with Crippen molar-refractivity contribution in [2.24, 2.45) is 0 Å². The van der Waals surface area contributed by atoms with E-state index in [0.29, 0.717) is 18.2 Å². The third-order valence-corrected chi connectivity index (χ3v) is 7.52. The van der Waals surface area contributed by atoms with E-state index in [1.54, 1.807) is 0 Å². The maximum Gasteiger partial charge on any atom is 0.253 e. The number of amides is 2. The Kier molecular flexibility index (Phi) is 5.10. The smallest absolute Gasteiger partial charge is 0.253 e. The molecule has 0 bridgehead atoms. The molecule has 2 fully saturated rings. The predicted octanol–water partition coefficient (Wildman–Crippen LogP) is 4.36. The van der Waals surface area contributed by atoms with Crippen molar-refractivity contribution in [1.29, 1.82) is 0 Å². The van der Waals surface area contributed by atoms with Crippen LogP contribution in [0.3, 0.4) is 0 Å². The van der Waals surface area contributed by atoms with Crippen LogP contribution in [0.15, 0.2) is 54.6 Å². The van der Waals surface area contributed by atoms with E-state index in [1.165, 1.54) is 11.1 Å². The molecule has 2 aromatic carbocycles. The Hall–Kier alpha value is -2.62. The van der Waals surface area contributed by atoms with Crippen molar-refractivity contribution >= 4 is 11.8 Å². The number of hydrogen-bond donors (Lipinski definition) is 0. The summed E-state index contributed by atoms with van der Waals surface area (Å²) in [6, 6.07) is 18.3. The van der Waals surface area contributed by atoms with Crippen molar-refractivity contribution in [3.63, 3.8) is 0 Å². The number of likely N-dealkylation sites (tertiary alicyclic amines) is 2. The fraction of sp³-hybridized carbons (Fsp3) is 0.462. The molecule has 2 amide bonds. The zero-order valence-corrected chi connectivity index (χ0v) is 17.6. The molecular formula is C26H30N2O2.